The van der Waals surface area contributed by atoms with Crippen LogP contribution in [0.15, 0.2) is 18.5 Å². The molecular weight excluding hydrogens is 264 g/mol. The molecule has 0 spiro atoms. The summed E-state index contributed by atoms with van der Waals surface area (Å²) in [6, 6.07) is 2.47. The van der Waals surface area contributed by atoms with Crippen LogP contribution in [0.2, 0.25) is 0 Å². The molecule has 2 atom stereocenters. The van der Waals surface area contributed by atoms with Crippen molar-refractivity contribution in [2.24, 2.45) is 0 Å². The van der Waals surface area contributed by atoms with Gasteiger partial charge in [0.25, 0.3) is 0 Å². The third-order valence-corrected chi connectivity index (χ3v) is 4.24. The average Bonchev–Trinajstić information content (AvgIpc) is 3.04. The molecule has 1 aliphatic rings. The number of anilines is 1. The molecule has 5 nitrogen and oxygen atoms in total. The SMILES string of the molecule is COC1CCCC1Nc1nccn2nc(C(C)(C)C)cc12. The fraction of sp³-hybridized carbons (Fsp3) is 0.625. The second-order valence-corrected chi connectivity index (χ2v) is 6.84. The lowest BCUT2D eigenvalue weighted by atomic mass is 9.92. The highest BCUT2D eigenvalue weighted by Crippen LogP contribution is 2.28. The van der Waals surface area contributed by atoms with E-state index in [1.165, 1.54) is 6.42 Å². The van der Waals surface area contributed by atoms with Crippen molar-refractivity contribution in [2.75, 3.05) is 12.4 Å². The van der Waals surface area contributed by atoms with Gasteiger partial charge in [0.15, 0.2) is 5.82 Å². The third-order valence-electron chi connectivity index (χ3n) is 4.24. The van der Waals surface area contributed by atoms with Gasteiger partial charge in [-0.3, -0.25) is 0 Å². The Morgan fingerprint density at radius 2 is 2.14 bits per heavy atom. The fourth-order valence-electron chi connectivity index (χ4n) is 2.95. The maximum atomic E-state index is 5.55. The summed E-state index contributed by atoms with van der Waals surface area (Å²) in [4.78, 5) is 4.51. The number of methoxy groups -OCH3 is 1. The fourth-order valence-corrected chi connectivity index (χ4v) is 2.95. The monoisotopic (exact) mass is 288 g/mol. The van der Waals surface area contributed by atoms with Crippen LogP contribution in [-0.2, 0) is 10.2 Å². The molecule has 2 aromatic heterocycles. The minimum absolute atomic E-state index is 0.0334. The smallest absolute Gasteiger partial charge is 0.152 e. The van der Waals surface area contributed by atoms with Crippen molar-refractivity contribution in [3.05, 3.63) is 24.2 Å². The van der Waals surface area contributed by atoms with Gasteiger partial charge in [0.2, 0.25) is 0 Å². The average molecular weight is 288 g/mol. The number of fused-ring (bicyclic) bond motifs is 1. The van der Waals surface area contributed by atoms with Crippen LogP contribution >= 0.6 is 0 Å². The van der Waals surface area contributed by atoms with Crippen molar-refractivity contribution in [3.8, 4) is 0 Å². The number of nitrogens with zero attached hydrogens (tertiary/aromatic N) is 3. The molecule has 2 heterocycles. The summed E-state index contributed by atoms with van der Waals surface area (Å²) in [6.45, 7) is 6.52. The highest BCUT2D eigenvalue weighted by Gasteiger charge is 2.28. The Morgan fingerprint density at radius 1 is 1.33 bits per heavy atom. The van der Waals surface area contributed by atoms with Gasteiger partial charge >= 0.3 is 0 Å². The van der Waals surface area contributed by atoms with Gasteiger partial charge in [-0.1, -0.05) is 20.8 Å². The third kappa shape index (κ3) is 2.75. The Hall–Kier alpha value is -1.62. The Balaban J connectivity index is 1.93. The molecule has 1 aliphatic carbocycles. The topological polar surface area (TPSA) is 51.5 Å². The number of nitrogens with one attached hydrogen (secondary N) is 1. The lowest BCUT2D eigenvalue weighted by Gasteiger charge is -2.20. The van der Waals surface area contributed by atoms with E-state index in [0.29, 0.717) is 6.04 Å². The molecule has 2 unspecified atom stereocenters. The standard InChI is InChI=1S/C16H24N4O/c1-16(2,3)14-10-12-15(17-8-9-20(12)19-14)18-11-6-5-7-13(11)21-4/h8-11,13H,5-7H2,1-4H3,(H,17,18). The zero-order valence-electron chi connectivity index (χ0n) is 13.3. The van der Waals surface area contributed by atoms with Crippen molar-refractivity contribution in [1.82, 2.24) is 14.6 Å². The Bertz CT molecular complexity index is 629. The van der Waals surface area contributed by atoms with Crippen LogP contribution in [-0.4, -0.2) is 33.9 Å². The minimum Gasteiger partial charge on any atom is -0.379 e. The van der Waals surface area contributed by atoms with Gasteiger partial charge in [-0.15, -0.1) is 0 Å². The summed E-state index contributed by atoms with van der Waals surface area (Å²) in [5.41, 5.74) is 2.14. The summed E-state index contributed by atoms with van der Waals surface area (Å²) >= 11 is 0. The lowest BCUT2D eigenvalue weighted by Crippen LogP contribution is -2.30. The second-order valence-electron chi connectivity index (χ2n) is 6.84. The molecule has 0 saturated heterocycles. The summed E-state index contributed by atoms with van der Waals surface area (Å²) in [7, 11) is 1.79. The number of aromatic nitrogens is 3. The van der Waals surface area contributed by atoms with Crippen LogP contribution in [0.5, 0.6) is 0 Å². The number of hydrogen-bond donors (Lipinski definition) is 1. The Kier molecular flexibility index (Phi) is 3.61. The molecule has 0 radical (unpaired) electrons. The molecular formula is C16H24N4O. The zero-order valence-corrected chi connectivity index (χ0v) is 13.3. The highest BCUT2D eigenvalue weighted by molar-refractivity contribution is 5.68. The van der Waals surface area contributed by atoms with E-state index in [1.54, 1.807) is 13.3 Å². The molecule has 1 N–H and O–H groups in total. The van der Waals surface area contributed by atoms with Crippen LogP contribution in [0.25, 0.3) is 5.52 Å². The van der Waals surface area contributed by atoms with E-state index in [-0.39, 0.29) is 11.5 Å². The van der Waals surface area contributed by atoms with Gasteiger partial charge in [-0.25, -0.2) is 9.50 Å². The Labute approximate surface area is 125 Å². The van der Waals surface area contributed by atoms with Crippen LogP contribution in [0, 0.1) is 0 Å². The molecule has 0 bridgehead atoms. The first-order chi connectivity index (χ1) is 9.99. The van der Waals surface area contributed by atoms with Crippen molar-refractivity contribution in [3.63, 3.8) is 0 Å². The molecule has 3 rings (SSSR count). The van der Waals surface area contributed by atoms with Crippen LogP contribution in [0.1, 0.15) is 45.7 Å². The molecule has 0 amide bonds. The van der Waals surface area contributed by atoms with E-state index in [4.69, 9.17) is 4.74 Å². The normalized spacial score (nSPS) is 22.9. The summed E-state index contributed by atoms with van der Waals surface area (Å²) < 4.78 is 7.46. The van der Waals surface area contributed by atoms with E-state index in [0.717, 1.165) is 29.9 Å². The number of hydrogen-bond acceptors (Lipinski definition) is 4. The second kappa shape index (κ2) is 5.30. The van der Waals surface area contributed by atoms with Gasteiger partial charge in [0.05, 0.1) is 17.8 Å². The number of rotatable bonds is 3. The Morgan fingerprint density at radius 3 is 2.86 bits per heavy atom. The van der Waals surface area contributed by atoms with Gasteiger partial charge < -0.3 is 10.1 Å². The molecule has 0 aromatic carbocycles. The summed E-state index contributed by atoms with van der Waals surface area (Å²) in [6.07, 6.45) is 7.41. The molecule has 1 saturated carbocycles. The molecule has 0 aliphatic heterocycles. The van der Waals surface area contributed by atoms with E-state index in [9.17, 15) is 0 Å². The molecule has 1 fully saturated rings. The molecule has 2 aromatic rings. The molecule has 21 heavy (non-hydrogen) atoms. The van der Waals surface area contributed by atoms with Gasteiger partial charge in [-0.2, -0.15) is 5.10 Å². The highest BCUT2D eigenvalue weighted by atomic mass is 16.5. The van der Waals surface area contributed by atoms with Gasteiger partial charge in [-0.05, 0) is 25.3 Å². The van der Waals surface area contributed by atoms with Crippen LogP contribution in [0.4, 0.5) is 5.82 Å². The van der Waals surface area contributed by atoms with Crippen LogP contribution in [0.3, 0.4) is 0 Å². The van der Waals surface area contributed by atoms with E-state index in [1.807, 2.05) is 10.7 Å². The van der Waals surface area contributed by atoms with E-state index in [2.05, 4.69) is 42.2 Å². The summed E-state index contributed by atoms with van der Waals surface area (Å²) in [5.74, 6) is 0.898. The molecule has 114 valence electrons. The van der Waals surface area contributed by atoms with Crippen LogP contribution < -0.4 is 5.32 Å². The van der Waals surface area contributed by atoms with Crippen molar-refractivity contribution < 1.29 is 4.74 Å². The summed E-state index contributed by atoms with van der Waals surface area (Å²) in [5, 5.41) is 8.22. The predicted octanol–water partition coefficient (Wildman–Crippen LogP) is 3.01. The zero-order chi connectivity index (χ0) is 15.0. The quantitative estimate of drug-likeness (QED) is 0.943. The first kappa shape index (κ1) is 14.3. The molecule has 5 heteroatoms. The van der Waals surface area contributed by atoms with E-state index < -0.39 is 0 Å². The maximum absolute atomic E-state index is 5.55. The number of ether oxygens (including phenoxy) is 1. The largest absolute Gasteiger partial charge is 0.379 e. The first-order valence-corrected chi connectivity index (χ1v) is 7.63. The first-order valence-electron chi connectivity index (χ1n) is 7.63. The van der Waals surface area contributed by atoms with E-state index >= 15 is 0 Å². The van der Waals surface area contributed by atoms with Crippen molar-refractivity contribution >= 4 is 11.3 Å². The van der Waals surface area contributed by atoms with Crippen molar-refractivity contribution in [1.29, 1.82) is 0 Å². The maximum Gasteiger partial charge on any atom is 0.152 e. The predicted molar refractivity (Wildman–Crippen MR) is 83.7 cm³/mol. The van der Waals surface area contributed by atoms with Gasteiger partial charge in [0.1, 0.15) is 5.52 Å². The van der Waals surface area contributed by atoms with Gasteiger partial charge in [0, 0.05) is 24.9 Å². The minimum atomic E-state index is 0.0334. The van der Waals surface area contributed by atoms with Crippen molar-refractivity contribution in [2.45, 2.75) is 57.6 Å². The lowest BCUT2D eigenvalue weighted by molar-refractivity contribution is 0.101.